The molecule has 0 saturated carbocycles. The van der Waals surface area contributed by atoms with Gasteiger partial charge >= 0.3 is 7.37 Å². The third-order valence-corrected chi connectivity index (χ3v) is 5.41. The van der Waals surface area contributed by atoms with Crippen LogP contribution in [0.2, 0.25) is 0 Å². The highest BCUT2D eigenvalue weighted by atomic mass is 31.2. The largest absolute Gasteiger partial charge is 0.331 e. The van der Waals surface area contributed by atoms with Gasteiger partial charge in [-0.2, -0.15) is 0 Å². The minimum Gasteiger partial charge on any atom is -0.331 e. The van der Waals surface area contributed by atoms with E-state index in [1.54, 1.807) is 36.4 Å². The van der Waals surface area contributed by atoms with Crippen molar-refractivity contribution in [1.29, 1.82) is 0 Å². The van der Waals surface area contributed by atoms with Crippen molar-refractivity contribution in [3.63, 3.8) is 0 Å². The van der Waals surface area contributed by atoms with Crippen LogP contribution >= 0.6 is 7.37 Å². The summed E-state index contributed by atoms with van der Waals surface area (Å²) in [6.07, 6.45) is 0. The van der Waals surface area contributed by atoms with E-state index < -0.39 is 7.37 Å². The smallest absolute Gasteiger partial charge is 0.303 e. The molecule has 0 aliphatic heterocycles. The molecule has 0 saturated heterocycles. The van der Waals surface area contributed by atoms with E-state index in [-0.39, 0.29) is 0 Å². The lowest BCUT2D eigenvalue weighted by Crippen LogP contribution is -2.19. The molecule has 3 nitrogen and oxygen atoms in total. The van der Waals surface area contributed by atoms with E-state index in [2.05, 4.69) is 0 Å². The summed E-state index contributed by atoms with van der Waals surface area (Å²) < 4.78 is 18.9. The average Bonchev–Trinajstić information content (AvgIpc) is 2.62. The molecule has 0 aliphatic carbocycles. The van der Waals surface area contributed by atoms with Crippen LogP contribution in [0, 0.1) is 0 Å². The monoisotopic (exact) mass is 310 g/mol. The molecule has 0 amide bonds. The maximum atomic E-state index is 13.4. The summed E-state index contributed by atoms with van der Waals surface area (Å²) in [6.45, 7) is 0. The molecule has 0 N–H and O–H groups in total. The molecular formula is C18H15O3P. The van der Waals surface area contributed by atoms with Gasteiger partial charge in [-0.15, -0.1) is 4.67 Å². The lowest BCUT2D eigenvalue weighted by Gasteiger charge is -2.18. The van der Waals surface area contributed by atoms with Crippen LogP contribution in [0.5, 0.6) is 5.75 Å². The number of rotatable bonds is 5. The zero-order valence-corrected chi connectivity index (χ0v) is 12.7. The summed E-state index contributed by atoms with van der Waals surface area (Å²) in [4.78, 5) is 5.32. The van der Waals surface area contributed by atoms with Gasteiger partial charge in [0.25, 0.3) is 0 Å². The first-order valence-corrected chi connectivity index (χ1v) is 8.54. The van der Waals surface area contributed by atoms with Crippen molar-refractivity contribution in [2.45, 2.75) is 0 Å². The number of para-hydroxylation sites is 1. The Morgan fingerprint density at radius 2 is 1.00 bits per heavy atom. The standard InChI is InChI=1S/C18H15O3P/c19-22(17-12-6-2-7-13-17,18-14-8-3-9-15-18)21-20-16-10-4-1-5-11-16/h1-15H. The second-order valence-corrected chi connectivity index (χ2v) is 6.98. The fourth-order valence-corrected chi connectivity index (χ4v) is 3.85. The zero-order valence-electron chi connectivity index (χ0n) is 11.8. The molecule has 0 unspecified atom stereocenters. The van der Waals surface area contributed by atoms with Crippen molar-refractivity contribution in [2.24, 2.45) is 0 Å². The molecular weight excluding hydrogens is 295 g/mol. The van der Waals surface area contributed by atoms with Gasteiger partial charge in [-0.25, -0.2) is 0 Å². The summed E-state index contributed by atoms with van der Waals surface area (Å²) >= 11 is 0. The van der Waals surface area contributed by atoms with E-state index in [1.807, 2.05) is 54.6 Å². The number of benzene rings is 3. The molecule has 0 fully saturated rings. The Morgan fingerprint density at radius 1 is 0.591 bits per heavy atom. The first kappa shape index (κ1) is 14.6. The molecule has 3 rings (SSSR count). The quantitative estimate of drug-likeness (QED) is 0.407. The first-order chi connectivity index (χ1) is 10.8. The van der Waals surface area contributed by atoms with Gasteiger partial charge in [0.2, 0.25) is 0 Å². The summed E-state index contributed by atoms with van der Waals surface area (Å²) in [6, 6.07) is 27.2. The van der Waals surface area contributed by atoms with Gasteiger partial charge in [-0.3, -0.25) is 4.57 Å². The van der Waals surface area contributed by atoms with Crippen LogP contribution in [0.15, 0.2) is 91.0 Å². The molecule has 0 radical (unpaired) electrons. The Bertz CT molecular complexity index is 715. The van der Waals surface area contributed by atoms with Crippen molar-refractivity contribution in [3.8, 4) is 5.75 Å². The van der Waals surface area contributed by atoms with Crippen molar-refractivity contribution in [2.75, 3.05) is 0 Å². The van der Waals surface area contributed by atoms with E-state index in [9.17, 15) is 4.57 Å². The SMILES string of the molecule is O=P(OOc1ccccc1)(c1ccccc1)c1ccccc1. The van der Waals surface area contributed by atoms with Gasteiger partial charge in [0.15, 0.2) is 5.75 Å². The van der Waals surface area contributed by atoms with E-state index in [0.717, 1.165) is 0 Å². The van der Waals surface area contributed by atoms with Gasteiger partial charge in [0.1, 0.15) is 0 Å². The van der Waals surface area contributed by atoms with Crippen LogP contribution in [0.3, 0.4) is 0 Å². The zero-order chi connectivity index (χ0) is 15.3. The van der Waals surface area contributed by atoms with E-state index >= 15 is 0 Å². The molecule has 0 bridgehead atoms. The highest BCUT2D eigenvalue weighted by molar-refractivity contribution is 7.74. The van der Waals surface area contributed by atoms with Crippen LogP contribution in [0.25, 0.3) is 0 Å². The lowest BCUT2D eigenvalue weighted by molar-refractivity contribution is -0.0933. The summed E-state index contributed by atoms with van der Waals surface area (Å²) in [7, 11) is -3.31. The minimum absolute atomic E-state index is 0.509. The predicted octanol–water partition coefficient (Wildman–Crippen LogP) is 3.93. The van der Waals surface area contributed by atoms with Gasteiger partial charge in [0, 0.05) is 10.6 Å². The minimum atomic E-state index is -3.31. The van der Waals surface area contributed by atoms with Gasteiger partial charge in [-0.05, 0) is 36.4 Å². The summed E-state index contributed by atoms with van der Waals surface area (Å²) in [5.74, 6) is 0.509. The molecule has 22 heavy (non-hydrogen) atoms. The highest BCUT2D eigenvalue weighted by Crippen LogP contribution is 2.44. The maximum Gasteiger partial charge on any atom is 0.303 e. The summed E-state index contributed by atoms with van der Waals surface area (Å²) in [5, 5.41) is 1.19. The maximum absolute atomic E-state index is 13.4. The normalized spacial score (nSPS) is 11.1. The second kappa shape index (κ2) is 6.61. The van der Waals surface area contributed by atoms with Crippen LogP contribution in [-0.4, -0.2) is 0 Å². The molecule has 0 aliphatic rings. The molecule has 4 heteroatoms. The van der Waals surface area contributed by atoms with E-state index in [0.29, 0.717) is 16.4 Å². The Hall–Kier alpha value is -2.35. The van der Waals surface area contributed by atoms with E-state index in [4.69, 9.17) is 9.56 Å². The molecule has 0 spiro atoms. The molecule has 0 aromatic heterocycles. The van der Waals surface area contributed by atoms with Crippen molar-refractivity contribution < 1.29 is 14.1 Å². The molecule has 3 aromatic rings. The van der Waals surface area contributed by atoms with Crippen LogP contribution in [0.4, 0.5) is 0 Å². The van der Waals surface area contributed by atoms with Gasteiger partial charge in [0.05, 0.1) is 0 Å². The number of hydrogen-bond donors (Lipinski definition) is 0. The van der Waals surface area contributed by atoms with Crippen LogP contribution < -0.4 is 15.5 Å². The molecule has 110 valence electrons. The van der Waals surface area contributed by atoms with Crippen LogP contribution in [-0.2, 0) is 9.24 Å². The molecule has 0 atom stereocenters. The summed E-state index contributed by atoms with van der Waals surface area (Å²) in [5.41, 5.74) is 0. The molecule has 3 aromatic carbocycles. The van der Waals surface area contributed by atoms with Crippen molar-refractivity contribution in [1.82, 2.24) is 0 Å². The van der Waals surface area contributed by atoms with Crippen molar-refractivity contribution in [3.05, 3.63) is 91.0 Å². The van der Waals surface area contributed by atoms with Crippen LogP contribution in [0.1, 0.15) is 0 Å². The Balaban J connectivity index is 1.95. The first-order valence-electron chi connectivity index (χ1n) is 6.92. The second-order valence-electron chi connectivity index (χ2n) is 4.69. The average molecular weight is 310 g/mol. The Labute approximate surface area is 129 Å². The topological polar surface area (TPSA) is 35.5 Å². The fraction of sp³-hybridized carbons (Fsp3) is 0. The highest BCUT2D eigenvalue weighted by Gasteiger charge is 2.30. The predicted molar refractivity (Wildman–Crippen MR) is 87.9 cm³/mol. The third kappa shape index (κ3) is 3.11. The number of hydrogen-bond acceptors (Lipinski definition) is 3. The lowest BCUT2D eigenvalue weighted by atomic mass is 10.3. The van der Waals surface area contributed by atoms with Crippen molar-refractivity contribution >= 4 is 18.0 Å². The molecule has 0 heterocycles. The van der Waals surface area contributed by atoms with E-state index in [1.165, 1.54) is 0 Å². The Morgan fingerprint density at radius 3 is 1.45 bits per heavy atom. The third-order valence-electron chi connectivity index (χ3n) is 3.17. The fourth-order valence-electron chi connectivity index (χ4n) is 2.06. The van der Waals surface area contributed by atoms with Gasteiger partial charge < -0.3 is 4.89 Å². The Kier molecular flexibility index (Phi) is 4.38. The van der Waals surface area contributed by atoms with Gasteiger partial charge in [-0.1, -0.05) is 54.6 Å².